The molecule has 260 valence electrons. The van der Waals surface area contributed by atoms with Crippen LogP contribution in [0.3, 0.4) is 0 Å². The van der Waals surface area contributed by atoms with Gasteiger partial charge in [0.25, 0.3) is 0 Å². The first-order valence-corrected chi connectivity index (χ1v) is 24.8. The maximum Gasteiger partial charge on any atom is 0.487 e. The van der Waals surface area contributed by atoms with Crippen molar-refractivity contribution in [2.24, 2.45) is 28.0 Å². The number of alkyl halides is 8. The predicted molar refractivity (Wildman–Crippen MR) is 150 cm³/mol. The molecule has 2 fully saturated rings. The fraction of sp³-hybridized carbons (Fsp3) is 1.00. The first-order chi connectivity index (χ1) is 20.4. The molecule has 0 aromatic rings. The van der Waals surface area contributed by atoms with Gasteiger partial charge >= 0.3 is 52.1 Å². The van der Waals surface area contributed by atoms with Crippen molar-refractivity contribution in [3.63, 3.8) is 0 Å². The summed E-state index contributed by atoms with van der Waals surface area (Å²) in [6, 6.07) is 0. The standard InChI is InChI=1S/C13H16Cl4F8N6O8P6/c14-40-26-41(15,29-44(28-40)36-5-10(18,19)11(20,21)6-37-44)33-2-9(1-32-40)3-34-42(16)27-43(17,35-4-9)31-45(30-42)38-7-12(22,23)13(24,25)8-39-45/h1-8H2/t9-,40-,41+,42?,43-/m0/s1. The van der Waals surface area contributed by atoms with E-state index in [0.717, 1.165) is 0 Å². The summed E-state index contributed by atoms with van der Waals surface area (Å²) in [5.41, 5.74) is -1.48. The number of hydrogen-bond donors (Lipinski definition) is 0. The molecule has 0 aromatic heterocycles. The first kappa shape index (κ1) is 36.6. The van der Waals surface area contributed by atoms with E-state index >= 15 is 0 Å². The number of nitrogens with zero attached hydrogens (tertiary/aromatic N) is 6. The largest absolute Gasteiger partial charge is 0.492 e. The van der Waals surface area contributed by atoms with Crippen LogP contribution in [0.15, 0.2) is 22.6 Å². The van der Waals surface area contributed by atoms with Gasteiger partial charge in [0.15, 0.2) is 18.9 Å². The summed E-state index contributed by atoms with van der Waals surface area (Å²) in [6.45, 7) is -21.8. The van der Waals surface area contributed by atoms with E-state index in [2.05, 4.69) is 27.4 Å². The zero-order valence-corrected chi connectivity index (χ0v) is 29.7. The molecule has 45 heavy (non-hydrogen) atoms. The third kappa shape index (κ3) is 7.04. The predicted octanol–water partition coefficient (Wildman–Crippen LogP) is 11.5. The topological polar surface area (TPSA) is 150 Å². The van der Waals surface area contributed by atoms with E-state index in [1.54, 1.807) is 0 Å². The zero-order chi connectivity index (χ0) is 33.1. The minimum atomic E-state index is -4.65. The molecule has 0 aromatic carbocycles. The number of hydrogen-bond acceptors (Lipinski definition) is 13. The van der Waals surface area contributed by atoms with Gasteiger partial charge in [-0.3, -0.25) is 9.05 Å². The quantitative estimate of drug-likeness (QED) is 0.172. The Kier molecular flexibility index (Phi) is 9.28. The number of fused-ring (bicyclic) bond motifs is 2. The van der Waals surface area contributed by atoms with Crippen molar-refractivity contribution in [1.82, 2.24) is 0 Å². The summed E-state index contributed by atoms with van der Waals surface area (Å²) in [4.78, 5) is 3.91. The van der Waals surface area contributed by atoms with Gasteiger partial charge in [0.2, 0.25) is 0 Å². The first-order valence-electron chi connectivity index (χ1n) is 11.7. The Hall–Kier alpha value is 1.82. The average molecular weight is 864 g/mol. The van der Waals surface area contributed by atoms with Crippen LogP contribution in [0, 0.1) is 5.41 Å². The van der Waals surface area contributed by atoms with Crippen molar-refractivity contribution in [2.45, 2.75) is 23.7 Å². The monoisotopic (exact) mass is 862 g/mol. The average Bonchev–Trinajstić information content (AvgIpc) is 3.03. The van der Waals surface area contributed by atoms with Gasteiger partial charge in [-0.1, -0.05) is 15.8 Å². The molecular weight excluding hydrogens is 848 g/mol. The van der Waals surface area contributed by atoms with Gasteiger partial charge in [-0.25, -0.2) is 0 Å². The molecule has 0 radical (unpaired) electrons. The minimum absolute atomic E-state index is 0.542. The van der Waals surface area contributed by atoms with Crippen LogP contribution in [-0.2, 0) is 36.2 Å². The molecule has 5 atom stereocenters. The molecule has 6 rings (SSSR count). The minimum Gasteiger partial charge on any atom is -0.492 e. The lowest BCUT2D eigenvalue weighted by Crippen LogP contribution is -2.45. The summed E-state index contributed by atoms with van der Waals surface area (Å²) in [7, 11) is -12.8. The van der Waals surface area contributed by atoms with Gasteiger partial charge < -0.3 is 27.5 Å². The van der Waals surface area contributed by atoms with E-state index in [-0.39, 0.29) is 0 Å². The molecule has 32 heteroatoms. The highest BCUT2D eigenvalue weighted by molar-refractivity contribution is 8.08. The number of halogens is 12. The third-order valence-corrected chi connectivity index (χ3v) is 26.6. The summed E-state index contributed by atoms with van der Waals surface area (Å²) >= 11 is 26.0. The van der Waals surface area contributed by atoms with Crippen LogP contribution >= 0.6 is 87.8 Å². The van der Waals surface area contributed by atoms with E-state index in [0.29, 0.717) is 0 Å². The Bertz CT molecular complexity index is 1540. The Morgan fingerprint density at radius 2 is 1.02 bits per heavy atom. The van der Waals surface area contributed by atoms with E-state index < -0.39 is 125 Å². The smallest absolute Gasteiger partial charge is 0.487 e. The molecule has 0 aliphatic carbocycles. The van der Waals surface area contributed by atoms with E-state index in [1.807, 2.05) is 0 Å². The molecular formula is C13H16Cl4F8N6O8P6. The van der Waals surface area contributed by atoms with Crippen LogP contribution in [0.5, 0.6) is 0 Å². The lowest BCUT2D eigenvalue weighted by atomic mass is 9.93. The lowest BCUT2D eigenvalue weighted by molar-refractivity contribution is -0.222. The molecule has 6 aliphatic heterocycles. The summed E-state index contributed by atoms with van der Waals surface area (Å²) in [5, 5.41) is 0. The van der Waals surface area contributed by atoms with Gasteiger partial charge in [-0.15, -0.1) is 0 Å². The molecule has 0 N–H and O–H groups in total. The molecule has 1 unspecified atom stereocenters. The second-order valence-corrected chi connectivity index (χ2v) is 27.3. The maximum atomic E-state index is 14.0. The maximum absolute atomic E-state index is 14.0. The van der Waals surface area contributed by atoms with Crippen molar-refractivity contribution in [1.29, 1.82) is 0 Å². The van der Waals surface area contributed by atoms with Crippen molar-refractivity contribution < 1.29 is 71.3 Å². The summed E-state index contributed by atoms with van der Waals surface area (Å²) in [5.74, 6) is -18.6. The van der Waals surface area contributed by atoms with Crippen LogP contribution in [0.2, 0.25) is 0 Å². The van der Waals surface area contributed by atoms with E-state index in [1.165, 1.54) is 0 Å². The molecule has 0 amide bonds. The highest BCUT2D eigenvalue weighted by Crippen LogP contribution is 2.93. The van der Waals surface area contributed by atoms with Gasteiger partial charge in [0.1, 0.15) is 39.8 Å². The van der Waals surface area contributed by atoms with Crippen LogP contribution in [-0.4, -0.2) is 76.5 Å². The second-order valence-electron chi connectivity index (χ2n) is 9.91. The van der Waals surface area contributed by atoms with Crippen molar-refractivity contribution in [2.75, 3.05) is 52.9 Å². The molecule has 6 aliphatic rings. The SMILES string of the molecule is FC1(F)COP2(=N[P@@]3(Cl)=N[P@@](Cl)(=N2)OC[C@@]2(CO3)CO[P@@]3(Cl)=N[P+](Cl)(N=P4([N-]3)OCC(F)(F)C(F)(F)CO4)OC2)OCC1(F)F. The Labute approximate surface area is 267 Å². The zero-order valence-electron chi connectivity index (χ0n) is 21.3. The Morgan fingerprint density at radius 3 is 1.56 bits per heavy atom. The van der Waals surface area contributed by atoms with E-state index in [4.69, 9.17) is 81.2 Å². The normalized spacial score (nSPS) is 45.8. The van der Waals surface area contributed by atoms with Crippen molar-refractivity contribution >= 4 is 87.8 Å². The van der Waals surface area contributed by atoms with E-state index in [9.17, 15) is 35.1 Å². The van der Waals surface area contributed by atoms with Crippen LogP contribution in [0.25, 0.3) is 4.86 Å². The fourth-order valence-corrected chi connectivity index (χ4v) is 27.2. The van der Waals surface area contributed by atoms with Crippen LogP contribution in [0.4, 0.5) is 35.1 Å². The van der Waals surface area contributed by atoms with Gasteiger partial charge in [-0.2, -0.15) is 53.2 Å². The Balaban J connectivity index is 1.29. The molecule has 4 bridgehead atoms. The molecule has 0 saturated carbocycles. The third-order valence-electron chi connectivity index (χ3n) is 6.20. The van der Waals surface area contributed by atoms with Gasteiger partial charge in [-0.05, 0) is 27.0 Å². The van der Waals surface area contributed by atoms with Crippen molar-refractivity contribution in [3.8, 4) is 0 Å². The molecule has 2 saturated heterocycles. The van der Waals surface area contributed by atoms with Gasteiger partial charge in [0.05, 0.1) is 25.2 Å². The van der Waals surface area contributed by atoms with Crippen LogP contribution in [0.1, 0.15) is 0 Å². The lowest BCUT2D eigenvalue weighted by Gasteiger charge is -2.45. The van der Waals surface area contributed by atoms with Crippen molar-refractivity contribution in [3.05, 3.63) is 4.86 Å². The second kappa shape index (κ2) is 11.4. The number of rotatable bonds is 0. The molecule has 14 nitrogen and oxygen atoms in total. The fourth-order valence-electron chi connectivity index (χ4n) is 3.63. The highest BCUT2D eigenvalue weighted by Gasteiger charge is 2.63. The molecule has 6 heterocycles. The van der Waals surface area contributed by atoms with Crippen LogP contribution < -0.4 is 0 Å². The molecule has 3 spiro atoms. The highest BCUT2D eigenvalue weighted by atomic mass is 35.7. The summed E-state index contributed by atoms with van der Waals surface area (Å²) < 4.78 is 174. The Morgan fingerprint density at radius 1 is 0.556 bits per heavy atom. The summed E-state index contributed by atoms with van der Waals surface area (Å²) in [6.07, 6.45) is 0. The van der Waals surface area contributed by atoms with Gasteiger partial charge in [0, 0.05) is 0 Å².